The van der Waals surface area contributed by atoms with Gasteiger partial charge in [-0.3, -0.25) is 4.90 Å². The van der Waals surface area contributed by atoms with Gasteiger partial charge in [-0.2, -0.15) is 0 Å². The Balaban J connectivity index is 1.61. The van der Waals surface area contributed by atoms with Crippen LogP contribution in [-0.2, 0) is 13.1 Å². The first-order valence-corrected chi connectivity index (χ1v) is 9.88. The molecule has 1 unspecified atom stereocenters. The molecule has 1 aliphatic heterocycles. The van der Waals surface area contributed by atoms with Crippen LogP contribution in [0.15, 0.2) is 41.8 Å². The second kappa shape index (κ2) is 8.77. The first kappa shape index (κ1) is 17.6. The van der Waals surface area contributed by atoms with Crippen molar-refractivity contribution in [1.29, 1.82) is 0 Å². The number of piperidine rings is 1. The third-order valence-corrected chi connectivity index (χ3v) is 5.89. The molecule has 1 aromatic carbocycles. The van der Waals surface area contributed by atoms with Crippen LogP contribution < -0.4 is 5.32 Å². The van der Waals surface area contributed by atoms with Crippen LogP contribution in [0, 0.1) is 0 Å². The molecule has 3 rings (SSSR count). The summed E-state index contributed by atoms with van der Waals surface area (Å²) < 4.78 is 0. The number of likely N-dealkylation sites (tertiary alicyclic amines) is 1. The molecule has 1 fully saturated rings. The first-order valence-electron chi connectivity index (χ1n) is 9.00. The number of benzene rings is 1. The van der Waals surface area contributed by atoms with Crippen LogP contribution in [-0.4, -0.2) is 29.2 Å². The number of hydrogen-bond donors (Lipinski definition) is 2. The second-order valence-electron chi connectivity index (χ2n) is 6.63. The van der Waals surface area contributed by atoms with Gasteiger partial charge in [0, 0.05) is 37.1 Å². The molecule has 0 radical (unpaired) electrons. The Labute approximate surface area is 149 Å². The zero-order chi connectivity index (χ0) is 16.8. The van der Waals surface area contributed by atoms with Crippen molar-refractivity contribution in [2.45, 2.75) is 51.4 Å². The third kappa shape index (κ3) is 4.67. The lowest BCUT2D eigenvalue weighted by Crippen LogP contribution is -2.35. The summed E-state index contributed by atoms with van der Waals surface area (Å²) in [4.78, 5) is 3.88. The van der Waals surface area contributed by atoms with Crippen molar-refractivity contribution in [3.05, 3.63) is 57.8 Å². The summed E-state index contributed by atoms with van der Waals surface area (Å²) in [5, 5.41) is 15.6. The summed E-state index contributed by atoms with van der Waals surface area (Å²) in [5.74, 6) is 0. The van der Waals surface area contributed by atoms with Crippen LogP contribution >= 0.6 is 11.3 Å². The van der Waals surface area contributed by atoms with E-state index < -0.39 is 0 Å². The predicted molar refractivity (Wildman–Crippen MR) is 101 cm³/mol. The normalized spacial score (nSPS) is 17.9. The molecule has 2 heterocycles. The molecular weight excluding hydrogens is 316 g/mol. The summed E-state index contributed by atoms with van der Waals surface area (Å²) in [6.07, 6.45) is 2.80. The third-order valence-electron chi connectivity index (χ3n) is 4.90. The summed E-state index contributed by atoms with van der Waals surface area (Å²) >= 11 is 1.83. The topological polar surface area (TPSA) is 35.5 Å². The van der Waals surface area contributed by atoms with Gasteiger partial charge in [-0.15, -0.1) is 11.3 Å². The van der Waals surface area contributed by atoms with Gasteiger partial charge in [0.15, 0.2) is 0 Å². The quantitative estimate of drug-likeness (QED) is 0.798. The van der Waals surface area contributed by atoms with Gasteiger partial charge in [0.1, 0.15) is 0 Å². The smallest absolute Gasteiger partial charge is 0.0564 e. The van der Waals surface area contributed by atoms with Gasteiger partial charge in [-0.25, -0.2) is 0 Å². The lowest BCUT2D eigenvalue weighted by atomic mass is 10.0. The summed E-state index contributed by atoms with van der Waals surface area (Å²) in [6, 6.07) is 13.5. The molecule has 4 heteroatoms. The molecule has 0 bridgehead atoms. The molecule has 130 valence electrons. The van der Waals surface area contributed by atoms with Gasteiger partial charge in [-0.1, -0.05) is 37.3 Å². The minimum Gasteiger partial charge on any atom is -0.393 e. The Bertz CT molecular complexity index is 606. The van der Waals surface area contributed by atoms with Gasteiger partial charge in [0.25, 0.3) is 0 Å². The molecule has 0 spiro atoms. The Kier molecular flexibility index (Phi) is 6.44. The highest BCUT2D eigenvalue weighted by Gasteiger charge is 2.18. The molecule has 24 heavy (non-hydrogen) atoms. The summed E-state index contributed by atoms with van der Waals surface area (Å²) in [7, 11) is 0. The van der Waals surface area contributed by atoms with Crippen molar-refractivity contribution in [2.24, 2.45) is 0 Å². The number of hydrogen-bond acceptors (Lipinski definition) is 4. The van der Waals surface area contributed by atoms with Crippen LogP contribution in [0.2, 0.25) is 0 Å². The average Bonchev–Trinajstić information content (AvgIpc) is 3.13. The van der Waals surface area contributed by atoms with E-state index in [1.54, 1.807) is 0 Å². The Hall–Kier alpha value is -1.20. The molecule has 0 aliphatic carbocycles. The first-order chi connectivity index (χ1) is 11.8. The van der Waals surface area contributed by atoms with Gasteiger partial charge in [0.2, 0.25) is 0 Å². The fourth-order valence-electron chi connectivity index (χ4n) is 3.37. The number of thiophene rings is 1. The Morgan fingerprint density at radius 1 is 1.17 bits per heavy atom. The van der Waals surface area contributed by atoms with E-state index >= 15 is 0 Å². The monoisotopic (exact) mass is 344 g/mol. The van der Waals surface area contributed by atoms with E-state index in [2.05, 4.69) is 58.9 Å². The SMILES string of the molecule is CCC(NCc1ccccc1CN1CCC(O)CC1)c1cccs1. The van der Waals surface area contributed by atoms with E-state index in [0.29, 0.717) is 6.04 Å². The van der Waals surface area contributed by atoms with E-state index in [4.69, 9.17) is 0 Å². The van der Waals surface area contributed by atoms with Gasteiger partial charge >= 0.3 is 0 Å². The minimum absolute atomic E-state index is 0.103. The van der Waals surface area contributed by atoms with Gasteiger partial charge < -0.3 is 10.4 Å². The van der Waals surface area contributed by atoms with Gasteiger partial charge in [0.05, 0.1) is 6.10 Å². The molecule has 3 nitrogen and oxygen atoms in total. The zero-order valence-electron chi connectivity index (χ0n) is 14.4. The number of nitrogens with one attached hydrogen (secondary N) is 1. The molecule has 1 aromatic heterocycles. The second-order valence-corrected chi connectivity index (χ2v) is 7.61. The highest BCUT2D eigenvalue weighted by molar-refractivity contribution is 7.10. The number of nitrogens with zero attached hydrogens (tertiary/aromatic N) is 1. The molecule has 1 aliphatic rings. The number of rotatable bonds is 7. The Morgan fingerprint density at radius 2 is 1.92 bits per heavy atom. The fraction of sp³-hybridized carbons (Fsp3) is 0.500. The number of aliphatic hydroxyl groups is 1. The maximum absolute atomic E-state index is 9.67. The van der Waals surface area contributed by atoms with Crippen molar-refractivity contribution in [3.63, 3.8) is 0 Å². The van der Waals surface area contributed by atoms with Crippen LogP contribution in [0.3, 0.4) is 0 Å². The van der Waals surface area contributed by atoms with Crippen LogP contribution in [0.5, 0.6) is 0 Å². The lowest BCUT2D eigenvalue weighted by molar-refractivity contribution is 0.0791. The van der Waals surface area contributed by atoms with Crippen molar-refractivity contribution < 1.29 is 5.11 Å². The molecule has 2 aromatic rings. The summed E-state index contributed by atoms with van der Waals surface area (Å²) in [5.41, 5.74) is 2.79. The largest absolute Gasteiger partial charge is 0.393 e. The van der Waals surface area contributed by atoms with E-state index in [9.17, 15) is 5.11 Å². The summed E-state index contributed by atoms with van der Waals surface area (Å²) in [6.45, 7) is 6.12. The van der Waals surface area contributed by atoms with Crippen molar-refractivity contribution in [2.75, 3.05) is 13.1 Å². The van der Waals surface area contributed by atoms with E-state index in [0.717, 1.165) is 45.4 Å². The van der Waals surface area contributed by atoms with Crippen molar-refractivity contribution in [3.8, 4) is 0 Å². The van der Waals surface area contributed by atoms with Crippen LogP contribution in [0.25, 0.3) is 0 Å². The molecule has 0 saturated carbocycles. The zero-order valence-corrected chi connectivity index (χ0v) is 15.3. The van der Waals surface area contributed by atoms with Crippen LogP contribution in [0.1, 0.15) is 48.2 Å². The molecule has 2 N–H and O–H groups in total. The number of aliphatic hydroxyl groups excluding tert-OH is 1. The highest BCUT2D eigenvalue weighted by atomic mass is 32.1. The lowest BCUT2D eigenvalue weighted by Gasteiger charge is -2.30. The maximum atomic E-state index is 9.67. The van der Waals surface area contributed by atoms with Crippen molar-refractivity contribution in [1.82, 2.24) is 10.2 Å². The molecule has 1 saturated heterocycles. The molecular formula is C20H28N2OS. The maximum Gasteiger partial charge on any atom is 0.0564 e. The van der Waals surface area contributed by atoms with E-state index in [1.165, 1.54) is 16.0 Å². The standard InChI is InChI=1S/C20H28N2OS/c1-2-19(20-8-5-13-24-20)21-14-16-6-3-4-7-17(16)15-22-11-9-18(23)10-12-22/h3-8,13,18-19,21,23H,2,9-12,14-15H2,1H3. The highest BCUT2D eigenvalue weighted by Crippen LogP contribution is 2.23. The van der Waals surface area contributed by atoms with E-state index in [-0.39, 0.29) is 6.10 Å². The predicted octanol–water partition coefficient (Wildman–Crippen LogP) is 3.95. The Morgan fingerprint density at radius 3 is 2.58 bits per heavy atom. The van der Waals surface area contributed by atoms with E-state index in [1.807, 2.05) is 11.3 Å². The van der Waals surface area contributed by atoms with Crippen LogP contribution in [0.4, 0.5) is 0 Å². The average molecular weight is 345 g/mol. The molecule has 0 amide bonds. The van der Waals surface area contributed by atoms with Crippen molar-refractivity contribution >= 4 is 11.3 Å². The van der Waals surface area contributed by atoms with Gasteiger partial charge in [-0.05, 0) is 41.8 Å². The molecule has 1 atom stereocenters. The minimum atomic E-state index is -0.103. The fourth-order valence-corrected chi connectivity index (χ4v) is 4.26.